The first-order chi connectivity index (χ1) is 16.4. The Labute approximate surface area is 207 Å². The standard InChI is InChI=1S/C25H33ClN4O3S/c1-29-13-15-30(16-14-29)12-3-17-33-22-6-8-23(9-7-22)34(31,32)28-11-2-4-20-19-27-25-10-5-21(26)18-24(20)25/h5-10,18-19,27-28H,2-4,11-17H2,1H3. The number of H-pyrrole nitrogens is 1. The molecule has 3 aromatic rings. The average molecular weight is 505 g/mol. The smallest absolute Gasteiger partial charge is 0.240 e. The lowest BCUT2D eigenvalue weighted by atomic mass is 10.1. The van der Waals surface area contributed by atoms with E-state index in [1.807, 2.05) is 24.4 Å². The summed E-state index contributed by atoms with van der Waals surface area (Å²) in [7, 11) is -1.40. The SMILES string of the molecule is CN1CCN(CCCOc2ccc(S(=O)(=O)NCCCc3c[nH]c4ccc(Cl)cc34)cc2)CC1. The minimum absolute atomic E-state index is 0.246. The third-order valence-electron chi connectivity index (χ3n) is 6.26. The largest absolute Gasteiger partial charge is 0.494 e. The molecule has 0 saturated carbocycles. The summed E-state index contributed by atoms with van der Waals surface area (Å²) in [6, 6.07) is 12.4. The molecule has 2 N–H and O–H groups in total. The van der Waals surface area contributed by atoms with Gasteiger partial charge in [-0.1, -0.05) is 11.6 Å². The molecule has 34 heavy (non-hydrogen) atoms. The van der Waals surface area contributed by atoms with E-state index in [4.69, 9.17) is 16.3 Å². The van der Waals surface area contributed by atoms with Gasteiger partial charge in [0.15, 0.2) is 0 Å². The summed E-state index contributed by atoms with van der Waals surface area (Å²) in [5.74, 6) is 0.690. The molecule has 9 heteroatoms. The molecule has 1 aliphatic rings. The van der Waals surface area contributed by atoms with E-state index in [1.54, 1.807) is 24.3 Å². The maximum absolute atomic E-state index is 12.6. The van der Waals surface area contributed by atoms with Crippen molar-refractivity contribution in [3.8, 4) is 5.75 Å². The fourth-order valence-electron chi connectivity index (χ4n) is 4.19. The van der Waals surface area contributed by atoms with Gasteiger partial charge in [0.1, 0.15) is 5.75 Å². The molecule has 4 rings (SSSR count). The Morgan fingerprint density at radius 3 is 2.59 bits per heavy atom. The lowest BCUT2D eigenvalue weighted by Crippen LogP contribution is -2.44. The van der Waals surface area contributed by atoms with E-state index >= 15 is 0 Å². The number of hydrogen-bond donors (Lipinski definition) is 2. The van der Waals surface area contributed by atoms with E-state index in [-0.39, 0.29) is 4.90 Å². The van der Waals surface area contributed by atoms with Crippen LogP contribution in [0.2, 0.25) is 5.02 Å². The number of piperazine rings is 1. The monoisotopic (exact) mass is 504 g/mol. The van der Waals surface area contributed by atoms with Crippen LogP contribution in [0.5, 0.6) is 5.75 Å². The van der Waals surface area contributed by atoms with Crippen LogP contribution in [-0.2, 0) is 16.4 Å². The molecule has 0 radical (unpaired) electrons. The first-order valence-corrected chi connectivity index (χ1v) is 13.7. The molecule has 1 aliphatic heterocycles. The number of likely N-dealkylation sites (N-methyl/N-ethyl adjacent to an activating group) is 1. The molecule has 1 saturated heterocycles. The van der Waals surface area contributed by atoms with Gasteiger partial charge in [0.05, 0.1) is 11.5 Å². The van der Waals surface area contributed by atoms with Crippen molar-refractivity contribution in [2.24, 2.45) is 0 Å². The molecule has 2 aromatic carbocycles. The molecule has 0 spiro atoms. The highest BCUT2D eigenvalue weighted by atomic mass is 35.5. The Kier molecular flexibility index (Phi) is 8.50. The summed E-state index contributed by atoms with van der Waals surface area (Å²) < 4.78 is 33.8. The molecule has 0 bridgehead atoms. The van der Waals surface area contributed by atoms with Crippen molar-refractivity contribution in [3.63, 3.8) is 0 Å². The molecule has 1 aromatic heterocycles. The minimum atomic E-state index is -3.56. The number of halogens is 1. The van der Waals surface area contributed by atoms with E-state index in [0.29, 0.717) is 30.3 Å². The molecule has 0 unspecified atom stereocenters. The lowest BCUT2D eigenvalue weighted by Gasteiger charge is -2.32. The highest BCUT2D eigenvalue weighted by Gasteiger charge is 2.15. The van der Waals surface area contributed by atoms with Crippen LogP contribution < -0.4 is 9.46 Å². The van der Waals surface area contributed by atoms with Crippen LogP contribution in [-0.4, -0.2) is 76.1 Å². The van der Waals surface area contributed by atoms with Gasteiger partial charge in [-0.25, -0.2) is 13.1 Å². The van der Waals surface area contributed by atoms with Gasteiger partial charge in [-0.3, -0.25) is 0 Å². The number of benzene rings is 2. The third-order valence-corrected chi connectivity index (χ3v) is 7.97. The molecule has 2 heterocycles. The number of nitrogens with one attached hydrogen (secondary N) is 2. The maximum atomic E-state index is 12.6. The number of fused-ring (bicyclic) bond motifs is 1. The van der Waals surface area contributed by atoms with Gasteiger partial charge in [-0.05, 0) is 74.3 Å². The number of ether oxygens (including phenoxy) is 1. The molecule has 0 aliphatic carbocycles. The fraction of sp³-hybridized carbons (Fsp3) is 0.440. The van der Waals surface area contributed by atoms with Gasteiger partial charge in [-0.2, -0.15) is 0 Å². The van der Waals surface area contributed by atoms with E-state index in [9.17, 15) is 8.42 Å². The Balaban J connectivity index is 1.19. The number of rotatable bonds is 11. The number of hydrogen-bond acceptors (Lipinski definition) is 5. The van der Waals surface area contributed by atoms with E-state index in [0.717, 1.165) is 62.0 Å². The Bertz CT molecular complexity index is 1170. The normalized spacial score (nSPS) is 15.7. The predicted molar refractivity (Wildman–Crippen MR) is 137 cm³/mol. The van der Waals surface area contributed by atoms with Crippen molar-refractivity contribution in [1.82, 2.24) is 19.5 Å². The number of sulfonamides is 1. The van der Waals surface area contributed by atoms with E-state index in [1.165, 1.54) is 0 Å². The van der Waals surface area contributed by atoms with E-state index in [2.05, 4.69) is 26.6 Å². The number of aromatic amines is 1. The Morgan fingerprint density at radius 2 is 1.82 bits per heavy atom. The molecule has 1 fully saturated rings. The maximum Gasteiger partial charge on any atom is 0.240 e. The second kappa shape index (κ2) is 11.6. The highest BCUT2D eigenvalue weighted by Crippen LogP contribution is 2.23. The second-order valence-electron chi connectivity index (χ2n) is 8.82. The molecule has 184 valence electrons. The van der Waals surface area contributed by atoms with Crippen molar-refractivity contribution in [1.29, 1.82) is 0 Å². The van der Waals surface area contributed by atoms with Crippen LogP contribution >= 0.6 is 11.6 Å². The van der Waals surface area contributed by atoms with Gasteiger partial charge >= 0.3 is 0 Å². The Hall–Kier alpha value is -2.10. The molecular formula is C25H33ClN4O3S. The molecule has 0 amide bonds. The predicted octanol–water partition coefficient (Wildman–Crippen LogP) is 3.75. The van der Waals surface area contributed by atoms with Crippen LogP contribution in [0.25, 0.3) is 10.9 Å². The number of aryl methyl sites for hydroxylation is 1. The highest BCUT2D eigenvalue weighted by molar-refractivity contribution is 7.89. The van der Waals surface area contributed by atoms with Gasteiger partial charge in [0, 0.05) is 61.4 Å². The van der Waals surface area contributed by atoms with Gasteiger partial charge in [0.25, 0.3) is 0 Å². The molecule has 7 nitrogen and oxygen atoms in total. The van der Waals surface area contributed by atoms with Crippen LogP contribution in [0.3, 0.4) is 0 Å². The minimum Gasteiger partial charge on any atom is -0.494 e. The van der Waals surface area contributed by atoms with Crippen molar-refractivity contribution in [2.45, 2.75) is 24.2 Å². The van der Waals surface area contributed by atoms with Crippen molar-refractivity contribution in [2.75, 3.05) is 52.9 Å². The first-order valence-electron chi connectivity index (χ1n) is 11.8. The third kappa shape index (κ3) is 6.73. The van der Waals surface area contributed by atoms with Crippen LogP contribution in [0, 0.1) is 0 Å². The lowest BCUT2D eigenvalue weighted by molar-refractivity contribution is 0.145. The van der Waals surface area contributed by atoms with Crippen LogP contribution in [0.15, 0.2) is 53.6 Å². The number of aromatic nitrogens is 1. The summed E-state index contributed by atoms with van der Waals surface area (Å²) in [6.45, 7) is 6.44. The zero-order valence-electron chi connectivity index (χ0n) is 19.6. The van der Waals surface area contributed by atoms with Crippen LogP contribution in [0.1, 0.15) is 18.4 Å². The van der Waals surface area contributed by atoms with Crippen molar-refractivity contribution < 1.29 is 13.2 Å². The van der Waals surface area contributed by atoms with E-state index < -0.39 is 10.0 Å². The number of nitrogens with zero attached hydrogens (tertiary/aromatic N) is 2. The summed E-state index contributed by atoms with van der Waals surface area (Å²) in [5.41, 5.74) is 2.16. The van der Waals surface area contributed by atoms with Crippen molar-refractivity contribution >= 4 is 32.5 Å². The summed E-state index contributed by atoms with van der Waals surface area (Å²) in [6.07, 6.45) is 4.35. The quantitative estimate of drug-likeness (QED) is 0.389. The Morgan fingerprint density at radius 1 is 1.06 bits per heavy atom. The van der Waals surface area contributed by atoms with Gasteiger partial charge in [-0.15, -0.1) is 0 Å². The summed E-state index contributed by atoms with van der Waals surface area (Å²) in [5, 5.41) is 1.77. The second-order valence-corrected chi connectivity index (χ2v) is 11.0. The molecular weight excluding hydrogens is 472 g/mol. The first kappa shape index (κ1) is 25.0. The van der Waals surface area contributed by atoms with Crippen LogP contribution in [0.4, 0.5) is 0 Å². The van der Waals surface area contributed by atoms with Gasteiger partial charge in [0.2, 0.25) is 10.0 Å². The molecule has 0 atom stereocenters. The average Bonchev–Trinajstić information content (AvgIpc) is 3.23. The zero-order chi connectivity index (χ0) is 24.0. The van der Waals surface area contributed by atoms with Crippen molar-refractivity contribution in [3.05, 3.63) is 59.2 Å². The topological polar surface area (TPSA) is 77.7 Å². The summed E-state index contributed by atoms with van der Waals surface area (Å²) >= 11 is 6.10. The fourth-order valence-corrected chi connectivity index (χ4v) is 5.44. The van der Waals surface area contributed by atoms with Gasteiger partial charge < -0.3 is 19.5 Å². The zero-order valence-corrected chi connectivity index (χ0v) is 21.2. The summed E-state index contributed by atoms with van der Waals surface area (Å²) in [4.78, 5) is 8.27.